The average molecular weight is 569 g/mol. The number of rotatable bonds is 0. The minimum atomic E-state index is 1.31. The van der Waals surface area contributed by atoms with Gasteiger partial charge in [0.25, 0.3) is 0 Å². The largest absolute Gasteiger partial charge is 0.0622 e. The summed E-state index contributed by atoms with van der Waals surface area (Å²) in [7, 11) is 0. The fraction of sp³-hybridized carbons (Fsp3) is 0.0909. The van der Waals surface area contributed by atoms with E-state index < -0.39 is 0 Å². The van der Waals surface area contributed by atoms with Crippen molar-refractivity contribution in [2.24, 2.45) is 0 Å². The molecule has 0 aliphatic heterocycles. The molecule has 0 aromatic heterocycles. The number of hydrogen-bond donors (Lipinski definition) is 0. The normalized spacial score (nSPS) is 10.3. The molecule has 0 aliphatic rings. The minimum absolute atomic E-state index is 1.31. The van der Waals surface area contributed by atoms with Gasteiger partial charge in [0.2, 0.25) is 0 Å². The van der Waals surface area contributed by atoms with Crippen molar-refractivity contribution >= 4 is 43.1 Å². The number of aryl methyl sites for hydroxylation is 4. The van der Waals surface area contributed by atoms with E-state index in [1.165, 1.54) is 65.3 Å². The Labute approximate surface area is 262 Å². The van der Waals surface area contributed by atoms with Crippen molar-refractivity contribution < 1.29 is 0 Å². The molecule has 8 rings (SSSR count). The van der Waals surface area contributed by atoms with Gasteiger partial charge < -0.3 is 0 Å². The first kappa shape index (κ1) is 30.3. The molecule has 0 N–H and O–H groups in total. The van der Waals surface area contributed by atoms with Gasteiger partial charge in [0, 0.05) is 0 Å². The fourth-order valence-electron chi connectivity index (χ4n) is 5.29. The molecular weight excluding hydrogens is 528 g/mol. The molecule has 0 saturated carbocycles. The molecule has 8 aromatic carbocycles. The monoisotopic (exact) mass is 568 g/mol. The van der Waals surface area contributed by atoms with E-state index in [0.29, 0.717) is 0 Å². The zero-order chi connectivity index (χ0) is 30.7. The Morgan fingerprint density at radius 2 is 0.682 bits per heavy atom. The molecule has 0 heterocycles. The van der Waals surface area contributed by atoms with Gasteiger partial charge in [-0.25, -0.2) is 0 Å². The van der Waals surface area contributed by atoms with Crippen LogP contribution in [0.1, 0.15) is 22.3 Å². The molecule has 0 nitrogen and oxygen atoms in total. The quantitative estimate of drug-likeness (QED) is 0.160. The topological polar surface area (TPSA) is 0 Å². The lowest BCUT2D eigenvalue weighted by Gasteiger charge is -2.02. The van der Waals surface area contributed by atoms with Crippen molar-refractivity contribution in [1.82, 2.24) is 0 Å². The summed E-state index contributed by atoms with van der Waals surface area (Å²) in [6.45, 7) is 8.48. The van der Waals surface area contributed by atoms with Crippen LogP contribution in [0.2, 0.25) is 0 Å². The summed E-state index contributed by atoms with van der Waals surface area (Å²) in [5.41, 5.74) is 5.31. The lowest BCUT2D eigenvalue weighted by atomic mass is 10.0. The standard InChI is InChI=1S/C15H12.2C11H10.C7H8/c1-11-6-7-14-9-12-4-2-3-5-13(12)10-15(14)8-11;1-9-5-4-7-10-6-2-3-8-11(9)10;1-9-6-7-10-4-2-3-5-11(10)8-9;1-7-5-3-2-4-6-7/h2-10H,1H3;2*2-8H,1H3;2-6H,1H3. The maximum absolute atomic E-state index is 2.26. The first-order valence-electron chi connectivity index (χ1n) is 15.3. The van der Waals surface area contributed by atoms with Gasteiger partial charge in [0.15, 0.2) is 0 Å². The van der Waals surface area contributed by atoms with Crippen molar-refractivity contribution in [3.63, 3.8) is 0 Å². The molecule has 0 atom stereocenters. The molecule has 0 radical (unpaired) electrons. The molecule has 8 aromatic rings. The van der Waals surface area contributed by atoms with Gasteiger partial charge in [-0.05, 0) is 88.5 Å². The SMILES string of the molecule is Cc1ccc2cc3ccccc3cc2c1.Cc1ccc2ccccc2c1.Cc1cccc2ccccc12.Cc1ccccc1. The molecule has 0 saturated heterocycles. The molecule has 0 bridgehead atoms. The zero-order valence-electron chi connectivity index (χ0n) is 26.2. The summed E-state index contributed by atoms with van der Waals surface area (Å²) in [6, 6.07) is 59.6. The van der Waals surface area contributed by atoms with E-state index in [1.54, 1.807) is 0 Å². The van der Waals surface area contributed by atoms with E-state index in [0.717, 1.165) is 0 Å². The van der Waals surface area contributed by atoms with Gasteiger partial charge in [0.05, 0.1) is 0 Å². The Hall–Kier alpha value is -5.20. The highest BCUT2D eigenvalue weighted by atomic mass is 14.0. The van der Waals surface area contributed by atoms with Crippen molar-refractivity contribution in [3.05, 3.63) is 192 Å². The lowest BCUT2D eigenvalue weighted by Crippen LogP contribution is -1.77. The average Bonchev–Trinajstić information content (AvgIpc) is 3.05. The van der Waals surface area contributed by atoms with E-state index in [9.17, 15) is 0 Å². The van der Waals surface area contributed by atoms with Crippen LogP contribution >= 0.6 is 0 Å². The van der Waals surface area contributed by atoms with Gasteiger partial charge in [0.1, 0.15) is 0 Å². The van der Waals surface area contributed by atoms with Crippen LogP contribution in [0.4, 0.5) is 0 Å². The fourth-order valence-corrected chi connectivity index (χ4v) is 5.29. The number of benzene rings is 8. The minimum Gasteiger partial charge on any atom is -0.0622 e. The van der Waals surface area contributed by atoms with Crippen LogP contribution in [-0.4, -0.2) is 0 Å². The van der Waals surface area contributed by atoms with Crippen molar-refractivity contribution in [2.75, 3.05) is 0 Å². The highest BCUT2D eigenvalue weighted by Gasteiger charge is 1.97. The molecule has 0 fully saturated rings. The summed E-state index contributed by atoms with van der Waals surface area (Å²) >= 11 is 0. The van der Waals surface area contributed by atoms with Crippen LogP contribution in [0, 0.1) is 27.7 Å². The predicted molar refractivity (Wildman–Crippen MR) is 195 cm³/mol. The van der Waals surface area contributed by atoms with Gasteiger partial charge in [-0.3, -0.25) is 0 Å². The van der Waals surface area contributed by atoms with Crippen molar-refractivity contribution in [2.45, 2.75) is 27.7 Å². The maximum atomic E-state index is 2.26. The van der Waals surface area contributed by atoms with Crippen molar-refractivity contribution in [1.29, 1.82) is 0 Å². The van der Waals surface area contributed by atoms with E-state index >= 15 is 0 Å². The van der Waals surface area contributed by atoms with E-state index in [4.69, 9.17) is 0 Å². The third-order valence-corrected chi connectivity index (χ3v) is 7.71. The van der Waals surface area contributed by atoms with Crippen LogP contribution in [0.25, 0.3) is 43.1 Å². The molecule has 216 valence electrons. The van der Waals surface area contributed by atoms with Gasteiger partial charge >= 0.3 is 0 Å². The van der Waals surface area contributed by atoms with Crippen LogP contribution in [0.5, 0.6) is 0 Å². The molecule has 0 aliphatic carbocycles. The summed E-state index contributed by atoms with van der Waals surface area (Å²) in [4.78, 5) is 0. The second-order valence-electron chi connectivity index (χ2n) is 11.4. The highest BCUT2D eigenvalue weighted by Crippen LogP contribution is 2.23. The smallest absolute Gasteiger partial charge is 0.0155 e. The number of hydrogen-bond acceptors (Lipinski definition) is 0. The summed E-state index contributed by atoms with van der Waals surface area (Å²) < 4.78 is 0. The van der Waals surface area contributed by atoms with E-state index in [-0.39, 0.29) is 0 Å². The lowest BCUT2D eigenvalue weighted by molar-refractivity contribution is 1.48. The second-order valence-corrected chi connectivity index (χ2v) is 11.4. The molecular formula is C44H40. The Bertz CT molecular complexity index is 2090. The van der Waals surface area contributed by atoms with Gasteiger partial charge in [-0.1, -0.05) is 174 Å². The van der Waals surface area contributed by atoms with Crippen LogP contribution in [0.15, 0.2) is 170 Å². The third-order valence-electron chi connectivity index (χ3n) is 7.71. The first-order valence-corrected chi connectivity index (χ1v) is 15.3. The summed E-state index contributed by atoms with van der Waals surface area (Å²) in [5, 5.41) is 10.6. The number of fused-ring (bicyclic) bond motifs is 4. The summed E-state index contributed by atoms with van der Waals surface area (Å²) in [5.74, 6) is 0. The Morgan fingerprint density at radius 1 is 0.250 bits per heavy atom. The highest BCUT2D eigenvalue weighted by molar-refractivity contribution is 5.98. The molecule has 0 spiro atoms. The van der Waals surface area contributed by atoms with E-state index in [1.807, 2.05) is 18.2 Å². The van der Waals surface area contributed by atoms with Crippen LogP contribution in [-0.2, 0) is 0 Å². The Kier molecular flexibility index (Phi) is 10.2. The van der Waals surface area contributed by atoms with Gasteiger partial charge in [-0.2, -0.15) is 0 Å². The second kappa shape index (κ2) is 14.8. The molecule has 0 heteroatoms. The molecule has 0 amide bonds. The molecule has 0 unspecified atom stereocenters. The zero-order valence-corrected chi connectivity index (χ0v) is 26.2. The predicted octanol–water partition coefficient (Wildman–Crippen LogP) is 12.6. The molecule has 44 heavy (non-hydrogen) atoms. The summed E-state index contributed by atoms with van der Waals surface area (Å²) in [6.07, 6.45) is 0. The Morgan fingerprint density at radius 3 is 1.27 bits per heavy atom. The maximum Gasteiger partial charge on any atom is -0.0155 e. The van der Waals surface area contributed by atoms with Crippen LogP contribution in [0.3, 0.4) is 0 Å². The third kappa shape index (κ3) is 8.21. The van der Waals surface area contributed by atoms with Gasteiger partial charge in [-0.15, -0.1) is 0 Å². The van der Waals surface area contributed by atoms with Crippen molar-refractivity contribution in [3.8, 4) is 0 Å². The Balaban J connectivity index is 0.000000120. The van der Waals surface area contributed by atoms with E-state index in [2.05, 4.69) is 179 Å². The van der Waals surface area contributed by atoms with Crippen LogP contribution < -0.4 is 0 Å². The first-order chi connectivity index (χ1) is 21.5.